The summed E-state index contributed by atoms with van der Waals surface area (Å²) in [5.74, 6) is -1.80. The van der Waals surface area contributed by atoms with Crippen LogP contribution in [0.2, 0.25) is 0 Å². The number of amides is 1. The van der Waals surface area contributed by atoms with Gasteiger partial charge in [0.1, 0.15) is 11.3 Å². The number of carbonyl (C=O) groups excluding carboxylic acids is 2. The molecule has 1 amide bonds. The Bertz CT molecular complexity index is 1610. The van der Waals surface area contributed by atoms with E-state index >= 15 is 0 Å². The number of aliphatic hydroxyl groups is 1. The molecule has 9 heteroatoms. The molecule has 2 N–H and O–H groups in total. The molecule has 1 unspecified atom stereocenters. The van der Waals surface area contributed by atoms with Gasteiger partial charge in [-0.05, 0) is 71.1 Å². The minimum absolute atomic E-state index is 0.0631. The number of Topliss-reactive ketones (excluding diaryl/α,β-unsaturated/α-hetero) is 1. The molecule has 5 rings (SSSR count). The van der Waals surface area contributed by atoms with E-state index in [4.69, 9.17) is 4.74 Å². The van der Waals surface area contributed by atoms with Gasteiger partial charge in [0.15, 0.2) is 17.3 Å². The van der Waals surface area contributed by atoms with Crippen molar-refractivity contribution in [3.8, 4) is 11.5 Å². The molecule has 0 spiro atoms. The fraction of sp³-hybridized carbons (Fsp3) is 0.207. The number of halogens is 1. The highest BCUT2D eigenvalue weighted by Crippen LogP contribution is 2.44. The summed E-state index contributed by atoms with van der Waals surface area (Å²) >= 11 is 3.34. The van der Waals surface area contributed by atoms with Crippen molar-refractivity contribution in [2.45, 2.75) is 26.3 Å². The summed E-state index contributed by atoms with van der Waals surface area (Å²) in [6.45, 7) is 3.95. The number of aliphatic hydroxyl groups excluding tert-OH is 1. The molecule has 1 fully saturated rings. The van der Waals surface area contributed by atoms with Crippen LogP contribution in [0.5, 0.6) is 11.5 Å². The van der Waals surface area contributed by atoms with Crippen molar-refractivity contribution in [3.63, 3.8) is 0 Å². The van der Waals surface area contributed by atoms with Crippen LogP contribution in [0.3, 0.4) is 0 Å². The second kappa shape index (κ2) is 9.98. The van der Waals surface area contributed by atoms with Gasteiger partial charge in [-0.2, -0.15) is 0 Å². The molecular weight excluding hydrogens is 550 g/mol. The Morgan fingerprint density at radius 3 is 2.53 bits per heavy atom. The van der Waals surface area contributed by atoms with E-state index in [0.717, 1.165) is 11.1 Å². The molecule has 0 bridgehead atoms. The number of carbonyl (C=O) groups is 2. The Morgan fingerprint density at radius 1 is 1.11 bits per heavy atom. The summed E-state index contributed by atoms with van der Waals surface area (Å²) in [7, 11) is 1.42. The topological polar surface area (TPSA) is 104 Å². The number of likely N-dealkylation sites (tertiary alicyclic amines) is 1. The molecule has 4 aromatic rings. The second-order valence-electron chi connectivity index (χ2n) is 9.21. The van der Waals surface area contributed by atoms with Gasteiger partial charge in [-0.15, -0.1) is 0 Å². The molecule has 2 aromatic carbocycles. The van der Waals surface area contributed by atoms with Crippen molar-refractivity contribution in [1.82, 2.24) is 14.3 Å². The zero-order valence-electron chi connectivity index (χ0n) is 21.1. The van der Waals surface area contributed by atoms with Gasteiger partial charge < -0.3 is 24.3 Å². The first kappa shape index (κ1) is 25.5. The molecule has 1 atom stereocenters. The van der Waals surface area contributed by atoms with Gasteiger partial charge >= 0.3 is 0 Å². The van der Waals surface area contributed by atoms with Crippen molar-refractivity contribution in [1.29, 1.82) is 0 Å². The molecule has 0 radical (unpaired) electrons. The maximum Gasteiger partial charge on any atom is 0.295 e. The van der Waals surface area contributed by atoms with Crippen LogP contribution in [-0.4, -0.2) is 49.8 Å². The van der Waals surface area contributed by atoms with Crippen LogP contribution < -0.4 is 4.74 Å². The molecule has 8 nitrogen and oxygen atoms in total. The highest BCUT2D eigenvalue weighted by molar-refractivity contribution is 9.10. The first-order valence-corrected chi connectivity index (χ1v) is 12.9. The Kier molecular flexibility index (Phi) is 6.71. The number of methoxy groups -OCH3 is 1. The van der Waals surface area contributed by atoms with E-state index in [0.29, 0.717) is 27.8 Å². The molecule has 38 heavy (non-hydrogen) atoms. The SMILES string of the molecule is COc1cc(C2C(=C(O)c3nc4c(C)cccn4c3C)C(=O)C(=O)N2CCc2ccccc2)cc(Br)c1O. The van der Waals surface area contributed by atoms with Gasteiger partial charge in [0.25, 0.3) is 11.7 Å². The first-order valence-electron chi connectivity index (χ1n) is 12.1. The summed E-state index contributed by atoms with van der Waals surface area (Å²) in [4.78, 5) is 33.0. The molecular formula is C29H26BrN3O5. The van der Waals surface area contributed by atoms with Crippen LogP contribution in [0.1, 0.15) is 34.1 Å². The van der Waals surface area contributed by atoms with Gasteiger partial charge in [0, 0.05) is 12.7 Å². The van der Waals surface area contributed by atoms with Crippen LogP contribution in [-0.2, 0) is 16.0 Å². The predicted octanol–water partition coefficient (Wildman–Crippen LogP) is 5.09. The summed E-state index contributed by atoms with van der Waals surface area (Å²) in [5.41, 5.74) is 3.86. The zero-order chi connectivity index (χ0) is 27.1. The number of benzene rings is 2. The lowest BCUT2D eigenvalue weighted by atomic mass is 9.95. The summed E-state index contributed by atoms with van der Waals surface area (Å²) in [6, 6.07) is 15.7. The van der Waals surface area contributed by atoms with Crippen molar-refractivity contribution < 1.29 is 24.5 Å². The van der Waals surface area contributed by atoms with Crippen LogP contribution in [0.25, 0.3) is 11.4 Å². The minimum Gasteiger partial charge on any atom is -0.505 e. The summed E-state index contributed by atoms with van der Waals surface area (Å²) in [5, 5.41) is 22.0. The fourth-order valence-corrected chi connectivity index (χ4v) is 5.39. The van der Waals surface area contributed by atoms with Crippen LogP contribution in [0, 0.1) is 13.8 Å². The molecule has 1 saturated heterocycles. The summed E-state index contributed by atoms with van der Waals surface area (Å²) < 4.78 is 7.51. The third-order valence-electron chi connectivity index (χ3n) is 6.92. The van der Waals surface area contributed by atoms with Crippen molar-refractivity contribution in [2.75, 3.05) is 13.7 Å². The average molecular weight is 576 g/mol. The Hall–Kier alpha value is -4.11. The minimum atomic E-state index is -0.921. The lowest BCUT2D eigenvalue weighted by Crippen LogP contribution is -2.31. The third kappa shape index (κ3) is 4.22. The van der Waals surface area contributed by atoms with Crippen molar-refractivity contribution >= 4 is 39.0 Å². The van der Waals surface area contributed by atoms with Gasteiger partial charge in [0.05, 0.1) is 28.9 Å². The quantitative estimate of drug-likeness (QED) is 0.188. The number of nitrogens with zero attached hydrogens (tertiary/aromatic N) is 3. The molecule has 1 aliphatic heterocycles. The van der Waals surface area contributed by atoms with Crippen LogP contribution >= 0.6 is 15.9 Å². The number of hydrogen-bond acceptors (Lipinski definition) is 6. The average Bonchev–Trinajstić information content (AvgIpc) is 3.39. The van der Waals surface area contributed by atoms with E-state index < -0.39 is 17.7 Å². The fourth-order valence-electron chi connectivity index (χ4n) is 4.93. The number of aromatic hydroxyl groups is 1. The van der Waals surface area contributed by atoms with Crippen LogP contribution in [0.15, 0.2) is 70.8 Å². The molecule has 1 aliphatic rings. The van der Waals surface area contributed by atoms with Crippen molar-refractivity contribution in [2.24, 2.45) is 0 Å². The van der Waals surface area contributed by atoms with Gasteiger partial charge in [-0.25, -0.2) is 4.98 Å². The van der Waals surface area contributed by atoms with E-state index in [9.17, 15) is 19.8 Å². The number of fused-ring (bicyclic) bond motifs is 1. The van der Waals surface area contributed by atoms with Crippen molar-refractivity contribution in [3.05, 3.63) is 98.9 Å². The zero-order valence-corrected chi connectivity index (χ0v) is 22.7. The Balaban J connectivity index is 1.69. The molecule has 2 aromatic heterocycles. The number of aromatic nitrogens is 2. The number of aryl methyl sites for hydroxylation is 2. The van der Waals surface area contributed by atoms with Gasteiger partial charge in [0.2, 0.25) is 0 Å². The number of ketones is 1. The number of ether oxygens (including phenoxy) is 1. The highest BCUT2D eigenvalue weighted by Gasteiger charge is 2.46. The summed E-state index contributed by atoms with van der Waals surface area (Å²) in [6.07, 6.45) is 2.34. The van der Waals surface area contributed by atoms with Gasteiger partial charge in [-0.3, -0.25) is 9.59 Å². The van der Waals surface area contributed by atoms with Gasteiger partial charge in [-0.1, -0.05) is 36.4 Å². The number of phenolic OH excluding ortho intramolecular Hbond substituents is 1. The lowest BCUT2D eigenvalue weighted by molar-refractivity contribution is -0.139. The van der Waals surface area contributed by atoms with E-state index in [2.05, 4.69) is 20.9 Å². The molecule has 194 valence electrons. The second-order valence-corrected chi connectivity index (χ2v) is 10.1. The third-order valence-corrected chi connectivity index (χ3v) is 7.52. The number of imidazole rings is 1. The Morgan fingerprint density at radius 2 is 1.84 bits per heavy atom. The number of rotatable bonds is 6. The van der Waals surface area contributed by atoms with Crippen LogP contribution in [0.4, 0.5) is 0 Å². The smallest absolute Gasteiger partial charge is 0.295 e. The van der Waals surface area contributed by atoms with E-state index in [1.165, 1.54) is 12.0 Å². The normalized spacial score (nSPS) is 16.9. The monoisotopic (exact) mass is 575 g/mol. The first-order chi connectivity index (χ1) is 18.2. The standard InChI is InChI=1S/C29H26BrN3O5/c1-16-8-7-12-32-17(2)23(31-28(16)32)26(35)22-24(19-14-20(30)25(34)21(15-19)38-3)33(29(37)27(22)36)13-11-18-9-5-4-6-10-18/h4-10,12,14-15,24,34-35H,11,13H2,1-3H3. The molecule has 3 heterocycles. The number of hydrogen-bond donors (Lipinski definition) is 2. The largest absolute Gasteiger partial charge is 0.505 e. The number of pyridine rings is 1. The molecule has 0 saturated carbocycles. The molecule has 0 aliphatic carbocycles. The lowest BCUT2D eigenvalue weighted by Gasteiger charge is -2.26. The van der Waals surface area contributed by atoms with E-state index in [-0.39, 0.29) is 35.1 Å². The van der Waals surface area contributed by atoms with E-state index in [1.54, 1.807) is 19.1 Å². The Labute approximate surface area is 227 Å². The maximum absolute atomic E-state index is 13.5. The predicted molar refractivity (Wildman–Crippen MR) is 146 cm³/mol. The maximum atomic E-state index is 13.5. The number of phenols is 1. The highest BCUT2D eigenvalue weighted by atomic mass is 79.9. The van der Waals surface area contributed by atoms with E-state index in [1.807, 2.05) is 60.0 Å².